The fourth-order valence-electron chi connectivity index (χ4n) is 3.84. The fourth-order valence-corrected chi connectivity index (χ4v) is 4.62. The first-order valence-electron chi connectivity index (χ1n) is 11.1. The second kappa shape index (κ2) is 11.2. The summed E-state index contributed by atoms with van der Waals surface area (Å²) in [7, 11) is 0. The number of fused-ring (bicyclic) bond motifs is 1. The molecular formula is C30H28IrN2S-2. The third-order valence-electron chi connectivity index (χ3n) is 6.14. The minimum absolute atomic E-state index is 0. The summed E-state index contributed by atoms with van der Waals surface area (Å²) < 4.78 is 5.89. The minimum Gasteiger partial charge on any atom is -0.305 e. The summed E-state index contributed by atoms with van der Waals surface area (Å²) in [5.41, 5.74) is 11.9. The van der Waals surface area contributed by atoms with Crippen molar-refractivity contribution in [1.82, 2.24) is 9.36 Å². The van der Waals surface area contributed by atoms with Gasteiger partial charge in [0, 0.05) is 36.7 Å². The van der Waals surface area contributed by atoms with Crippen LogP contribution in [0.2, 0.25) is 0 Å². The van der Waals surface area contributed by atoms with Crippen LogP contribution >= 0.6 is 11.5 Å². The molecule has 2 heterocycles. The number of aromatic nitrogens is 2. The van der Waals surface area contributed by atoms with Gasteiger partial charge in [0.25, 0.3) is 0 Å². The zero-order valence-electron chi connectivity index (χ0n) is 20.4. The monoisotopic (exact) mass is 641 g/mol. The van der Waals surface area contributed by atoms with Crippen LogP contribution in [0, 0.1) is 53.7 Å². The molecule has 0 aliphatic rings. The Hall–Kier alpha value is -2.65. The molecule has 0 amide bonds. The standard InChI is InChI=1S/C17H16NS.C13H12N.Ir/c1-10-9-15(13(4)12(3)11(10)2)17-14-7-5-6-8-16(14)19-18-17;1-10-4-3-5-12(8-10)13-9-11(2)6-7-14-13;/h5-8H,1-4H3;3-4,6-9H,1-2H3;/q2*-1;. The SMILES string of the molecule is Cc1[c-]c(-c2nsc3ccccc23)c(C)c(C)c1C.Cc1cc[c-]c(-c2cc(C)ccn2)c1.[Ir]. The van der Waals surface area contributed by atoms with E-state index in [1.807, 2.05) is 24.4 Å². The molecule has 0 aliphatic carbocycles. The van der Waals surface area contributed by atoms with Crippen molar-refractivity contribution in [2.45, 2.75) is 41.5 Å². The number of hydrogen-bond donors (Lipinski definition) is 0. The van der Waals surface area contributed by atoms with E-state index in [1.165, 1.54) is 43.5 Å². The van der Waals surface area contributed by atoms with Crippen molar-refractivity contribution in [3.63, 3.8) is 0 Å². The van der Waals surface area contributed by atoms with E-state index in [2.05, 4.69) is 99.4 Å². The summed E-state index contributed by atoms with van der Waals surface area (Å²) in [5.74, 6) is 0. The fraction of sp³-hybridized carbons (Fsp3) is 0.200. The second-order valence-corrected chi connectivity index (χ2v) is 9.33. The Kier molecular flexibility index (Phi) is 8.54. The topological polar surface area (TPSA) is 25.8 Å². The van der Waals surface area contributed by atoms with E-state index >= 15 is 0 Å². The quantitative estimate of drug-likeness (QED) is 0.182. The molecule has 0 N–H and O–H groups in total. The smallest absolute Gasteiger partial charge is 0.0454 e. The zero-order valence-corrected chi connectivity index (χ0v) is 23.6. The second-order valence-electron chi connectivity index (χ2n) is 8.53. The van der Waals surface area contributed by atoms with Crippen molar-refractivity contribution in [3.8, 4) is 22.5 Å². The Morgan fingerprint density at radius 2 is 1.53 bits per heavy atom. The van der Waals surface area contributed by atoms with Crippen LogP contribution in [0.1, 0.15) is 33.4 Å². The van der Waals surface area contributed by atoms with Crippen LogP contribution in [-0.2, 0) is 20.1 Å². The largest absolute Gasteiger partial charge is 0.305 e. The van der Waals surface area contributed by atoms with E-state index in [1.54, 1.807) is 11.5 Å². The number of nitrogens with zero attached hydrogens (tertiary/aromatic N) is 2. The normalized spacial score (nSPS) is 10.4. The van der Waals surface area contributed by atoms with E-state index in [4.69, 9.17) is 0 Å². The minimum atomic E-state index is 0. The van der Waals surface area contributed by atoms with Gasteiger partial charge in [0.05, 0.1) is 0 Å². The van der Waals surface area contributed by atoms with Gasteiger partial charge in [-0.2, -0.15) is 0 Å². The molecule has 5 aromatic rings. The van der Waals surface area contributed by atoms with Gasteiger partial charge >= 0.3 is 0 Å². The predicted molar refractivity (Wildman–Crippen MR) is 141 cm³/mol. The first-order valence-corrected chi connectivity index (χ1v) is 11.9. The molecule has 0 spiro atoms. The van der Waals surface area contributed by atoms with Crippen LogP contribution in [-0.4, -0.2) is 9.36 Å². The van der Waals surface area contributed by atoms with Crippen molar-refractivity contribution in [3.05, 3.63) is 106 Å². The van der Waals surface area contributed by atoms with E-state index in [-0.39, 0.29) is 20.1 Å². The molecule has 4 heteroatoms. The zero-order chi connectivity index (χ0) is 23.5. The molecule has 0 aliphatic heterocycles. The molecule has 3 aromatic carbocycles. The average Bonchev–Trinajstić information content (AvgIpc) is 3.24. The van der Waals surface area contributed by atoms with Crippen LogP contribution in [0.3, 0.4) is 0 Å². The molecule has 1 radical (unpaired) electrons. The Morgan fingerprint density at radius 3 is 2.26 bits per heavy atom. The summed E-state index contributed by atoms with van der Waals surface area (Å²) in [6.45, 7) is 12.8. The van der Waals surface area contributed by atoms with Crippen molar-refractivity contribution in [2.24, 2.45) is 0 Å². The molecule has 5 rings (SSSR count). The van der Waals surface area contributed by atoms with Gasteiger partial charge in [-0.15, -0.1) is 69.3 Å². The molecule has 0 atom stereocenters. The van der Waals surface area contributed by atoms with Crippen LogP contribution in [0.15, 0.2) is 60.8 Å². The van der Waals surface area contributed by atoms with Gasteiger partial charge in [-0.25, -0.2) is 4.37 Å². The molecule has 34 heavy (non-hydrogen) atoms. The molecule has 0 bridgehead atoms. The number of hydrogen-bond acceptors (Lipinski definition) is 3. The average molecular weight is 641 g/mol. The number of aryl methyl sites for hydroxylation is 3. The third kappa shape index (κ3) is 5.52. The summed E-state index contributed by atoms with van der Waals surface area (Å²) >= 11 is 1.56. The van der Waals surface area contributed by atoms with Gasteiger partial charge in [-0.05, 0) is 41.7 Å². The van der Waals surface area contributed by atoms with Gasteiger partial charge in [-0.3, -0.25) is 0 Å². The molecule has 0 unspecified atom stereocenters. The van der Waals surface area contributed by atoms with Crippen LogP contribution in [0.5, 0.6) is 0 Å². The maximum absolute atomic E-state index is 4.65. The molecule has 2 aromatic heterocycles. The summed E-state index contributed by atoms with van der Waals surface area (Å²) in [6, 6.07) is 25.3. The van der Waals surface area contributed by atoms with E-state index < -0.39 is 0 Å². The Morgan fingerprint density at radius 1 is 0.794 bits per heavy atom. The van der Waals surface area contributed by atoms with Gasteiger partial charge in [-0.1, -0.05) is 64.4 Å². The number of pyridine rings is 1. The van der Waals surface area contributed by atoms with E-state index in [0.717, 1.165) is 22.5 Å². The predicted octanol–water partition coefficient (Wildman–Crippen LogP) is 8.16. The van der Waals surface area contributed by atoms with Gasteiger partial charge < -0.3 is 4.98 Å². The van der Waals surface area contributed by atoms with Crippen molar-refractivity contribution >= 4 is 21.6 Å². The van der Waals surface area contributed by atoms with E-state index in [9.17, 15) is 0 Å². The molecular weight excluding hydrogens is 613 g/mol. The molecule has 175 valence electrons. The first kappa shape index (κ1) is 26.0. The maximum Gasteiger partial charge on any atom is 0.0454 e. The maximum atomic E-state index is 4.65. The van der Waals surface area contributed by atoms with Crippen LogP contribution < -0.4 is 0 Å². The van der Waals surface area contributed by atoms with Gasteiger partial charge in [0.1, 0.15) is 0 Å². The summed E-state index contributed by atoms with van der Waals surface area (Å²) in [6.07, 6.45) is 1.83. The van der Waals surface area contributed by atoms with Crippen LogP contribution in [0.25, 0.3) is 32.6 Å². The first-order chi connectivity index (χ1) is 15.8. The van der Waals surface area contributed by atoms with Gasteiger partial charge in [0.15, 0.2) is 0 Å². The molecule has 0 saturated heterocycles. The Bertz CT molecular complexity index is 1390. The van der Waals surface area contributed by atoms with Gasteiger partial charge in [0.2, 0.25) is 0 Å². The summed E-state index contributed by atoms with van der Waals surface area (Å²) in [5, 5.41) is 1.23. The summed E-state index contributed by atoms with van der Waals surface area (Å²) in [4.78, 5) is 4.32. The number of rotatable bonds is 2. The Labute approximate surface area is 220 Å². The van der Waals surface area contributed by atoms with Crippen molar-refractivity contribution in [1.29, 1.82) is 0 Å². The van der Waals surface area contributed by atoms with Crippen molar-refractivity contribution in [2.75, 3.05) is 0 Å². The molecule has 0 saturated carbocycles. The molecule has 0 fully saturated rings. The number of benzene rings is 3. The Balaban J connectivity index is 0.000000193. The van der Waals surface area contributed by atoms with Crippen molar-refractivity contribution < 1.29 is 20.1 Å². The third-order valence-corrected chi connectivity index (χ3v) is 6.96. The van der Waals surface area contributed by atoms with Crippen LogP contribution in [0.4, 0.5) is 0 Å². The van der Waals surface area contributed by atoms with E-state index in [0.29, 0.717) is 0 Å². The molecule has 2 nitrogen and oxygen atoms in total.